The minimum absolute atomic E-state index is 0.0616. The number of aryl methyl sites for hydroxylation is 1. The van der Waals surface area contributed by atoms with E-state index in [9.17, 15) is 17.6 Å². The van der Waals surface area contributed by atoms with E-state index in [1.54, 1.807) is 13.0 Å². The third-order valence-corrected chi connectivity index (χ3v) is 6.18. The van der Waals surface area contributed by atoms with Crippen molar-refractivity contribution in [2.24, 2.45) is 0 Å². The molecule has 6 nitrogen and oxygen atoms in total. The molecule has 3 aromatic rings. The fourth-order valence-electron chi connectivity index (χ4n) is 1.95. The summed E-state index contributed by atoms with van der Waals surface area (Å²) in [6.45, 7) is 1.59. The Balaban J connectivity index is 1.89. The Morgan fingerprint density at radius 1 is 1.17 bits per heavy atom. The molecule has 0 aliphatic carbocycles. The van der Waals surface area contributed by atoms with Gasteiger partial charge in [0.15, 0.2) is 0 Å². The Kier molecular flexibility index (Phi) is 4.20. The third kappa shape index (κ3) is 3.36. The van der Waals surface area contributed by atoms with Gasteiger partial charge in [-0.05, 0) is 42.8 Å². The Morgan fingerprint density at radius 2 is 1.96 bits per heavy atom. The molecular weight excluding hydrogens is 353 g/mol. The summed E-state index contributed by atoms with van der Waals surface area (Å²) < 4.78 is 40.7. The fourth-order valence-corrected chi connectivity index (χ4v) is 4.27. The van der Waals surface area contributed by atoms with Crippen molar-refractivity contribution in [2.45, 2.75) is 11.1 Å². The van der Waals surface area contributed by atoms with Crippen LogP contribution in [0.4, 0.5) is 10.1 Å². The number of thiophene rings is 1. The molecule has 24 heavy (non-hydrogen) atoms. The van der Waals surface area contributed by atoms with Gasteiger partial charge >= 0.3 is 0 Å². The highest BCUT2D eigenvalue weighted by Gasteiger charge is 2.18. The van der Waals surface area contributed by atoms with Crippen LogP contribution in [0, 0.1) is 12.7 Å². The second-order valence-corrected chi connectivity index (χ2v) is 7.99. The number of hydrogen-bond donors (Lipinski definition) is 2. The maximum Gasteiger partial charge on any atom is 0.271 e. The first-order valence-electron chi connectivity index (χ1n) is 6.80. The largest absolute Gasteiger partial charge is 0.279 e. The molecule has 3 rings (SSSR count). The van der Waals surface area contributed by atoms with Crippen LogP contribution in [0.5, 0.6) is 0 Å². The predicted molar refractivity (Wildman–Crippen MR) is 90.1 cm³/mol. The Morgan fingerprint density at radius 3 is 2.62 bits per heavy atom. The number of nitrogens with one attached hydrogen (secondary N) is 2. The van der Waals surface area contributed by atoms with Crippen LogP contribution >= 0.6 is 11.3 Å². The predicted octanol–water partition coefficient (Wildman–Crippen LogP) is 2.75. The van der Waals surface area contributed by atoms with E-state index in [0.717, 1.165) is 17.4 Å². The van der Waals surface area contributed by atoms with E-state index in [-0.39, 0.29) is 15.5 Å². The molecule has 0 saturated carbocycles. The zero-order valence-corrected chi connectivity index (χ0v) is 14.0. The standard InChI is InChI=1S/C15H12FN3O3S2/c1-9-2-3-10(8-11(9)16)19-24(21,22)15-7-5-13(23-15)12-4-6-14(20)18-17-12/h2-8,19H,1H3,(H,18,20). The van der Waals surface area contributed by atoms with Crippen LogP contribution in [0.1, 0.15) is 5.56 Å². The lowest BCUT2D eigenvalue weighted by Crippen LogP contribution is -2.11. The maximum absolute atomic E-state index is 13.5. The van der Waals surface area contributed by atoms with Crippen LogP contribution in [0.3, 0.4) is 0 Å². The Hall–Kier alpha value is -2.52. The summed E-state index contributed by atoms with van der Waals surface area (Å²) in [7, 11) is -3.84. The quantitative estimate of drug-likeness (QED) is 0.744. The molecule has 0 aliphatic rings. The second-order valence-electron chi connectivity index (χ2n) is 4.99. The van der Waals surface area contributed by atoms with Crippen molar-refractivity contribution in [1.29, 1.82) is 0 Å². The lowest BCUT2D eigenvalue weighted by atomic mass is 10.2. The number of rotatable bonds is 4. The van der Waals surface area contributed by atoms with E-state index in [4.69, 9.17) is 0 Å². The number of aromatic nitrogens is 2. The summed E-state index contributed by atoms with van der Waals surface area (Å²) in [5.74, 6) is -0.487. The molecule has 2 heterocycles. The SMILES string of the molecule is Cc1ccc(NS(=O)(=O)c2ccc(-c3ccc(=O)[nH]n3)s2)cc1F. The van der Waals surface area contributed by atoms with E-state index >= 15 is 0 Å². The van der Waals surface area contributed by atoms with E-state index in [1.165, 1.54) is 30.3 Å². The zero-order chi connectivity index (χ0) is 17.3. The van der Waals surface area contributed by atoms with Crippen molar-refractivity contribution in [1.82, 2.24) is 10.2 Å². The summed E-state index contributed by atoms with van der Waals surface area (Å²) in [6, 6.07) is 9.96. The summed E-state index contributed by atoms with van der Waals surface area (Å²) in [6.07, 6.45) is 0. The summed E-state index contributed by atoms with van der Waals surface area (Å²) in [5, 5.41) is 6.15. The minimum atomic E-state index is -3.84. The topological polar surface area (TPSA) is 91.9 Å². The van der Waals surface area contributed by atoms with Gasteiger partial charge in [0.25, 0.3) is 15.6 Å². The van der Waals surface area contributed by atoms with E-state index in [0.29, 0.717) is 16.1 Å². The molecule has 1 aromatic carbocycles. The molecule has 2 aromatic heterocycles. The Bertz CT molecular complexity index is 1040. The monoisotopic (exact) mass is 365 g/mol. The third-order valence-electron chi connectivity index (χ3n) is 3.20. The number of benzene rings is 1. The van der Waals surface area contributed by atoms with Gasteiger partial charge in [0.05, 0.1) is 10.6 Å². The number of H-pyrrole nitrogens is 1. The molecule has 0 amide bonds. The fraction of sp³-hybridized carbons (Fsp3) is 0.0667. The van der Waals surface area contributed by atoms with Crippen LogP contribution in [0.25, 0.3) is 10.6 Å². The highest BCUT2D eigenvalue weighted by Crippen LogP contribution is 2.30. The van der Waals surface area contributed by atoms with Crippen LogP contribution < -0.4 is 10.3 Å². The molecular formula is C15H12FN3O3S2. The smallest absolute Gasteiger partial charge is 0.271 e. The van der Waals surface area contributed by atoms with E-state index < -0.39 is 15.8 Å². The highest BCUT2D eigenvalue weighted by atomic mass is 32.2. The van der Waals surface area contributed by atoms with Crippen molar-refractivity contribution >= 4 is 27.0 Å². The van der Waals surface area contributed by atoms with Gasteiger partial charge in [0, 0.05) is 6.07 Å². The van der Waals surface area contributed by atoms with Gasteiger partial charge in [-0.1, -0.05) is 6.07 Å². The second kappa shape index (κ2) is 6.17. The Labute approximate surface area is 141 Å². The zero-order valence-electron chi connectivity index (χ0n) is 12.4. The first-order valence-corrected chi connectivity index (χ1v) is 9.10. The van der Waals surface area contributed by atoms with Crippen molar-refractivity contribution in [3.63, 3.8) is 0 Å². The summed E-state index contributed by atoms with van der Waals surface area (Å²) in [5.41, 5.74) is 0.698. The van der Waals surface area contributed by atoms with Crippen molar-refractivity contribution < 1.29 is 12.8 Å². The van der Waals surface area contributed by atoms with Gasteiger partial charge in [0.1, 0.15) is 15.7 Å². The van der Waals surface area contributed by atoms with Crippen LogP contribution in [-0.4, -0.2) is 18.6 Å². The van der Waals surface area contributed by atoms with Gasteiger partial charge in [0.2, 0.25) is 0 Å². The normalized spacial score (nSPS) is 11.4. The number of anilines is 1. The van der Waals surface area contributed by atoms with Gasteiger partial charge in [-0.25, -0.2) is 17.9 Å². The molecule has 0 spiro atoms. The van der Waals surface area contributed by atoms with Crippen molar-refractivity contribution in [3.8, 4) is 10.6 Å². The number of sulfonamides is 1. The number of nitrogens with zero attached hydrogens (tertiary/aromatic N) is 1. The molecule has 9 heteroatoms. The molecule has 0 radical (unpaired) electrons. The molecule has 124 valence electrons. The van der Waals surface area contributed by atoms with Crippen molar-refractivity contribution in [2.75, 3.05) is 4.72 Å². The molecule has 0 unspecified atom stereocenters. The van der Waals surface area contributed by atoms with E-state index in [1.807, 2.05) is 0 Å². The molecule has 0 aliphatic heterocycles. The lowest BCUT2D eigenvalue weighted by Gasteiger charge is -2.07. The molecule has 0 fully saturated rings. The first-order chi connectivity index (χ1) is 11.3. The molecule has 0 atom stereocenters. The number of hydrogen-bond acceptors (Lipinski definition) is 5. The van der Waals surface area contributed by atoms with Crippen LogP contribution in [-0.2, 0) is 10.0 Å². The summed E-state index contributed by atoms with van der Waals surface area (Å²) in [4.78, 5) is 11.6. The van der Waals surface area contributed by atoms with Gasteiger partial charge in [-0.2, -0.15) is 5.10 Å². The lowest BCUT2D eigenvalue weighted by molar-refractivity contribution is 0.603. The van der Waals surface area contributed by atoms with E-state index in [2.05, 4.69) is 14.9 Å². The minimum Gasteiger partial charge on any atom is -0.279 e. The van der Waals surface area contributed by atoms with Gasteiger partial charge < -0.3 is 0 Å². The molecule has 2 N–H and O–H groups in total. The highest BCUT2D eigenvalue weighted by molar-refractivity contribution is 7.94. The van der Waals surface area contributed by atoms with Crippen molar-refractivity contribution in [3.05, 3.63) is 64.2 Å². The van der Waals surface area contributed by atoms with Gasteiger partial charge in [-0.15, -0.1) is 11.3 Å². The van der Waals surface area contributed by atoms with Crippen LogP contribution in [0.2, 0.25) is 0 Å². The first kappa shape index (κ1) is 16.3. The molecule has 0 saturated heterocycles. The van der Waals surface area contributed by atoms with Gasteiger partial charge in [-0.3, -0.25) is 9.52 Å². The number of halogens is 1. The molecule has 0 bridgehead atoms. The summed E-state index contributed by atoms with van der Waals surface area (Å²) >= 11 is 0.997. The van der Waals surface area contributed by atoms with Crippen LogP contribution in [0.15, 0.2) is 51.5 Å². The number of aromatic amines is 1. The average molecular weight is 365 g/mol. The maximum atomic E-state index is 13.5. The average Bonchev–Trinajstić information content (AvgIpc) is 3.02.